The monoisotopic (exact) mass is 204 g/mol. The van der Waals surface area contributed by atoms with Crippen LogP contribution in [0.3, 0.4) is 0 Å². The molecule has 0 aliphatic rings. The van der Waals surface area contributed by atoms with Crippen LogP contribution in [0.25, 0.3) is 0 Å². The van der Waals surface area contributed by atoms with Gasteiger partial charge in [0.15, 0.2) is 0 Å². The van der Waals surface area contributed by atoms with Crippen LogP contribution in [0.2, 0.25) is 0 Å². The highest BCUT2D eigenvalue weighted by Gasteiger charge is 2.21. The highest BCUT2D eigenvalue weighted by atomic mass is 16.4. The zero-order valence-corrected chi connectivity index (χ0v) is 8.06. The summed E-state index contributed by atoms with van der Waals surface area (Å²) in [5, 5.41) is 19.8. The van der Waals surface area contributed by atoms with Crippen molar-refractivity contribution in [3.05, 3.63) is 0 Å². The number of carboxylic acid groups (broad SMARTS) is 2. The van der Waals surface area contributed by atoms with E-state index in [2.05, 4.69) is 5.32 Å². The van der Waals surface area contributed by atoms with Crippen molar-refractivity contribution >= 4 is 11.9 Å². The number of aliphatic carboxylic acids is 2. The van der Waals surface area contributed by atoms with Crippen molar-refractivity contribution < 1.29 is 19.8 Å². The largest absolute Gasteiger partial charge is 0.480 e. The molecular formula is C8H16N2O4. The van der Waals surface area contributed by atoms with Crippen molar-refractivity contribution in [2.45, 2.75) is 31.8 Å². The Hall–Kier alpha value is -1.14. The average molecular weight is 204 g/mol. The average Bonchev–Trinajstić information content (AvgIpc) is 2.10. The highest BCUT2D eigenvalue weighted by Crippen LogP contribution is 1.98. The molecule has 0 aromatic rings. The maximum absolute atomic E-state index is 10.7. The standard InChI is InChI=1S/C8H16N2O4/c1-5(7(11)12)10-6(8(13)14)3-2-4-9/h5-6,10H,2-4,9H2,1H3,(H,11,12)(H,13,14)/t5?,6-/m1/s1. The van der Waals surface area contributed by atoms with E-state index in [9.17, 15) is 9.59 Å². The van der Waals surface area contributed by atoms with Gasteiger partial charge in [-0.1, -0.05) is 0 Å². The lowest BCUT2D eigenvalue weighted by Gasteiger charge is -2.16. The summed E-state index contributed by atoms with van der Waals surface area (Å²) in [6.45, 7) is 1.80. The fourth-order valence-electron chi connectivity index (χ4n) is 0.973. The van der Waals surface area contributed by atoms with E-state index >= 15 is 0 Å². The molecule has 14 heavy (non-hydrogen) atoms. The Labute approximate surface area is 82.1 Å². The lowest BCUT2D eigenvalue weighted by molar-refractivity contribution is -0.142. The van der Waals surface area contributed by atoms with Crippen LogP contribution in [0.4, 0.5) is 0 Å². The molecule has 0 aromatic heterocycles. The summed E-state index contributed by atoms with van der Waals surface area (Å²) in [5.41, 5.74) is 5.23. The summed E-state index contributed by atoms with van der Waals surface area (Å²) in [4.78, 5) is 21.1. The molecular weight excluding hydrogens is 188 g/mol. The Bertz CT molecular complexity index is 208. The Kier molecular flexibility index (Phi) is 5.82. The van der Waals surface area contributed by atoms with Crippen LogP contribution in [-0.2, 0) is 9.59 Å². The molecule has 5 N–H and O–H groups in total. The minimum atomic E-state index is -1.07. The molecule has 0 radical (unpaired) electrons. The van der Waals surface area contributed by atoms with Crippen LogP contribution < -0.4 is 11.1 Å². The normalized spacial score (nSPS) is 14.7. The molecule has 0 saturated heterocycles. The van der Waals surface area contributed by atoms with Crippen LogP contribution in [0.1, 0.15) is 19.8 Å². The number of nitrogens with two attached hydrogens (primary N) is 1. The molecule has 0 aliphatic heterocycles. The second-order valence-electron chi connectivity index (χ2n) is 3.05. The molecule has 0 saturated carbocycles. The zero-order valence-electron chi connectivity index (χ0n) is 8.06. The van der Waals surface area contributed by atoms with Gasteiger partial charge in [-0.3, -0.25) is 14.9 Å². The lowest BCUT2D eigenvalue weighted by Crippen LogP contribution is -2.45. The van der Waals surface area contributed by atoms with Crippen LogP contribution in [0.5, 0.6) is 0 Å². The molecule has 0 aromatic carbocycles. The Morgan fingerprint density at radius 2 is 1.93 bits per heavy atom. The van der Waals surface area contributed by atoms with Crippen LogP contribution in [0, 0.1) is 0 Å². The lowest BCUT2D eigenvalue weighted by atomic mass is 10.1. The molecule has 0 amide bonds. The SMILES string of the molecule is CC(N[C@H](CCCN)C(=O)O)C(=O)O. The van der Waals surface area contributed by atoms with Gasteiger partial charge in [0, 0.05) is 0 Å². The summed E-state index contributed by atoms with van der Waals surface area (Å²) >= 11 is 0. The predicted octanol–water partition coefficient (Wildman–Crippen LogP) is -0.759. The topological polar surface area (TPSA) is 113 Å². The van der Waals surface area contributed by atoms with Crippen molar-refractivity contribution in [1.82, 2.24) is 5.32 Å². The number of carbonyl (C=O) groups is 2. The van der Waals surface area contributed by atoms with E-state index in [1.165, 1.54) is 6.92 Å². The first-order chi connectivity index (χ1) is 6.49. The molecule has 6 heteroatoms. The van der Waals surface area contributed by atoms with Gasteiger partial charge in [-0.05, 0) is 26.3 Å². The third-order valence-corrected chi connectivity index (χ3v) is 1.82. The Morgan fingerprint density at radius 3 is 2.29 bits per heavy atom. The molecule has 0 bridgehead atoms. The molecule has 2 atom stereocenters. The molecule has 82 valence electrons. The van der Waals surface area contributed by atoms with E-state index in [-0.39, 0.29) is 0 Å². The van der Waals surface area contributed by atoms with Crippen molar-refractivity contribution in [2.75, 3.05) is 6.54 Å². The van der Waals surface area contributed by atoms with Gasteiger partial charge in [-0.25, -0.2) is 0 Å². The van der Waals surface area contributed by atoms with Crippen LogP contribution in [0.15, 0.2) is 0 Å². The second kappa shape index (κ2) is 6.33. The first kappa shape index (κ1) is 12.9. The van der Waals surface area contributed by atoms with E-state index in [4.69, 9.17) is 15.9 Å². The number of carboxylic acids is 2. The van der Waals surface area contributed by atoms with E-state index in [0.29, 0.717) is 19.4 Å². The molecule has 0 fully saturated rings. The predicted molar refractivity (Wildman–Crippen MR) is 49.9 cm³/mol. The first-order valence-corrected chi connectivity index (χ1v) is 4.40. The van der Waals surface area contributed by atoms with Gasteiger partial charge in [0.05, 0.1) is 0 Å². The summed E-state index contributed by atoms with van der Waals surface area (Å²) in [6, 6.07) is -1.71. The molecule has 0 heterocycles. The molecule has 0 aliphatic carbocycles. The van der Waals surface area contributed by atoms with Gasteiger partial charge in [-0.15, -0.1) is 0 Å². The fraction of sp³-hybridized carbons (Fsp3) is 0.750. The van der Waals surface area contributed by atoms with Crippen molar-refractivity contribution in [1.29, 1.82) is 0 Å². The second-order valence-corrected chi connectivity index (χ2v) is 3.05. The van der Waals surface area contributed by atoms with Crippen LogP contribution in [-0.4, -0.2) is 40.8 Å². The number of rotatable bonds is 7. The van der Waals surface area contributed by atoms with Gasteiger partial charge in [-0.2, -0.15) is 0 Å². The minimum absolute atomic E-state index is 0.337. The van der Waals surface area contributed by atoms with Gasteiger partial charge in [0.1, 0.15) is 12.1 Å². The molecule has 1 unspecified atom stereocenters. The minimum Gasteiger partial charge on any atom is -0.480 e. The van der Waals surface area contributed by atoms with Crippen molar-refractivity contribution in [2.24, 2.45) is 5.73 Å². The number of nitrogens with one attached hydrogen (secondary N) is 1. The number of hydrogen-bond acceptors (Lipinski definition) is 4. The summed E-state index contributed by atoms with van der Waals surface area (Å²) < 4.78 is 0. The third-order valence-electron chi connectivity index (χ3n) is 1.82. The molecule has 6 nitrogen and oxygen atoms in total. The van der Waals surface area contributed by atoms with E-state index in [1.54, 1.807) is 0 Å². The molecule has 0 spiro atoms. The maximum Gasteiger partial charge on any atom is 0.320 e. The highest BCUT2D eigenvalue weighted by molar-refractivity contribution is 5.77. The van der Waals surface area contributed by atoms with Gasteiger partial charge in [0.2, 0.25) is 0 Å². The van der Waals surface area contributed by atoms with Gasteiger partial charge in [0.25, 0.3) is 0 Å². The summed E-state index contributed by atoms with van der Waals surface area (Å²) in [6.07, 6.45) is 0.889. The maximum atomic E-state index is 10.7. The quantitative estimate of drug-likeness (QED) is 0.433. The van der Waals surface area contributed by atoms with E-state index in [1.807, 2.05) is 0 Å². The summed E-state index contributed by atoms with van der Waals surface area (Å²) in [7, 11) is 0. The number of hydrogen-bond donors (Lipinski definition) is 4. The van der Waals surface area contributed by atoms with Gasteiger partial charge >= 0.3 is 11.9 Å². The Morgan fingerprint density at radius 1 is 1.36 bits per heavy atom. The smallest absolute Gasteiger partial charge is 0.320 e. The fourth-order valence-corrected chi connectivity index (χ4v) is 0.973. The van der Waals surface area contributed by atoms with Crippen LogP contribution >= 0.6 is 0 Å². The van der Waals surface area contributed by atoms with E-state index in [0.717, 1.165) is 0 Å². The zero-order chi connectivity index (χ0) is 11.1. The van der Waals surface area contributed by atoms with Gasteiger partial charge < -0.3 is 15.9 Å². The van der Waals surface area contributed by atoms with Crippen molar-refractivity contribution in [3.63, 3.8) is 0 Å². The summed E-state index contributed by atoms with van der Waals surface area (Å²) in [5.74, 6) is -2.12. The Balaban J connectivity index is 4.08. The first-order valence-electron chi connectivity index (χ1n) is 4.40. The van der Waals surface area contributed by atoms with Crippen molar-refractivity contribution in [3.8, 4) is 0 Å². The molecule has 0 rings (SSSR count). The van der Waals surface area contributed by atoms with E-state index < -0.39 is 24.0 Å². The third kappa shape index (κ3) is 4.78.